The topological polar surface area (TPSA) is 29.3 Å². The summed E-state index contributed by atoms with van der Waals surface area (Å²) in [5.74, 6) is 1.30. The molecular weight excluding hydrogens is 208 g/mol. The Morgan fingerprint density at radius 3 is 2.65 bits per heavy atom. The second-order valence-corrected chi connectivity index (χ2v) is 5.47. The molecule has 1 aliphatic rings. The van der Waals surface area contributed by atoms with Crippen molar-refractivity contribution in [3.05, 3.63) is 29.8 Å². The van der Waals surface area contributed by atoms with Gasteiger partial charge in [0.15, 0.2) is 0 Å². The predicted molar refractivity (Wildman–Crippen MR) is 74.5 cm³/mol. The minimum Gasteiger partial charge on any atom is -0.368 e. The van der Waals surface area contributed by atoms with E-state index < -0.39 is 0 Å². The van der Waals surface area contributed by atoms with Gasteiger partial charge < -0.3 is 10.6 Å². The summed E-state index contributed by atoms with van der Waals surface area (Å²) in [5.41, 5.74) is 8.64. The van der Waals surface area contributed by atoms with Crippen LogP contribution in [-0.4, -0.2) is 19.1 Å². The van der Waals surface area contributed by atoms with E-state index in [1.807, 2.05) is 0 Å². The van der Waals surface area contributed by atoms with Crippen LogP contribution in [0, 0.1) is 5.92 Å². The summed E-state index contributed by atoms with van der Waals surface area (Å²) in [4.78, 5) is 2.56. The normalized spacial score (nSPS) is 20.8. The quantitative estimate of drug-likeness (QED) is 0.864. The molecule has 0 aromatic heterocycles. The Morgan fingerprint density at radius 1 is 1.29 bits per heavy atom. The van der Waals surface area contributed by atoms with Crippen molar-refractivity contribution in [3.8, 4) is 0 Å². The van der Waals surface area contributed by atoms with E-state index in [2.05, 4.69) is 49.9 Å². The van der Waals surface area contributed by atoms with Gasteiger partial charge in [0.05, 0.1) is 0 Å². The van der Waals surface area contributed by atoms with Crippen LogP contribution in [0.3, 0.4) is 0 Å². The summed E-state index contributed by atoms with van der Waals surface area (Å²) in [5, 5.41) is 0. The van der Waals surface area contributed by atoms with Crippen molar-refractivity contribution < 1.29 is 0 Å². The van der Waals surface area contributed by atoms with Gasteiger partial charge in [0.1, 0.15) is 0 Å². The zero-order chi connectivity index (χ0) is 12.4. The number of hydrogen-bond donors (Lipinski definition) is 1. The maximum absolute atomic E-state index is 5.73. The van der Waals surface area contributed by atoms with Gasteiger partial charge in [0.2, 0.25) is 0 Å². The molecule has 94 valence electrons. The Bertz CT molecular complexity index is 373. The monoisotopic (exact) mass is 232 g/mol. The van der Waals surface area contributed by atoms with Crippen molar-refractivity contribution in [2.45, 2.75) is 39.2 Å². The maximum Gasteiger partial charge on any atom is 0.0404 e. The van der Waals surface area contributed by atoms with Crippen molar-refractivity contribution in [3.63, 3.8) is 0 Å². The lowest BCUT2D eigenvalue weighted by molar-refractivity contribution is 0.479. The Morgan fingerprint density at radius 2 is 2.00 bits per heavy atom. The van der Waals surface area contributed by atoms with Crippen LogP contribution in [0.5, 0.6) is 0 Å². The molecule has 2 unspecified atom stereocenters. The van der Waals surface area contributed by atoms with Crippen molar-refractivity contribution >= 4 is 5.69 Å². The van der Waals surface area contributed by atoms with Crippen LogP contribution in [0.15, 0.2) is 24.3 Å². The lowest BCUT2D eigenvalue weighted by Gasteiger charge is -2.30. The summed E-state index contributed by atoms with van der Waals surface area (Å²) in [6, 6.07) is 9.40. The van der Waals surface area contributed by atoms with E-state index in [1.54, 1.807) is 0 Å². The molecule has 1 heterocycles. The van der Waals surface area contributed by atoms with E-state index in [-0.39, 0.29) is 0 Å². The number of nitrogens with two attached hydrogens (primary N) is 1. The smallest absolute Gasteiger partial charge is 0.0404 e. The number of para-hydroxylation sites is 1. The highest BCUT2D eigenvalue weighted by Gasteiger charge is 2.31. The highest BCUT2D eigenvalue weighted by molar-refractivity contribution is 5.60. The molecule has 0 fully saturated rings. The highest BCUT2D eigenvalue weighted by atomic mass is 15.2. The Hall–Kier alpha value is -1.02. The van der Waals surface area contributed by atoms with E-state index in [9.17, 15) is 0 Å². The van der Waals surface area contributed by atoms with Gasteiger partial charge in [-0.05, 0) is 37.4 Å². The number of nitrogens with zero attached hydrogens (tertiary/aromatic N) is 1. The lowest BCUT2D eigenvalue weighted by atomic mass is 9.98. The predicted octanol–water partition coefficient (Wildman–Crippen LogP) is 2.98. The number of anilines is 1. The molecule has 1 aliphatic heterocycles. The zero-order valence-electron chi connectivity index (χ0n) is 11.2. The fourth-order valence-electron chi connectivity index (χ4n) is 2.72. The van der Waals surface area contributed by atoms with Crippen LogP contribution in [0.2, 0.25) is 0 Å². The van der Waals surface area contributed by atoms with E-state index >= 15 is 0 Å². The van der Waals surface area contributed by atoms with Crippen LogP contribution in [0.4, 0.5) is 5.69 Å². The molecule has 0 spiro atoms. The minimum absolute atomic E-state index is 0.596. The van der Waals surface area contributed by atoms with E-state index in [0.717, 1.165) is 19.5 Å². The van der Waals surface area contributed by atoms with Crippen molar-refractivity contribution in [2.24, 2.45) is 11.7 Å². The molecule has 2 heteroatoms. The molecule has 1 aromatic rings. The largest absolute Gasteiger partial charge is 0.368 e. The second-order valence-electron chi connectivity index (χ2n) is 5.47. The minimum atomic E-state index is 0.596. The molecule has 0 saturated carbocycles. The second kappa shape index (κ2) is 5.09. The van der Waals surface area contributed by atoms with Crippen LogP contribution >= 0.6 is 0 Å². The average molecular weight is 232 g/mol. The summed E-state index contributed by atoms with van der Waals surface area (Å²) in [6.07, 6.45) is 1.10. The summed E-state index contributed by atoms with van der Waals surface area (Å²) in [7, 11) is 0. The van der Waals surface area contributed by atoms with Crippen LogP contribution < -0.4 is 10.6 Å². The molecule has 2 atom stereocenters. The molecule has 0 aliphatic carbocycles. The van der Waals surface area contributed by atoms with Gasteiger partial charge in [-0.25, -0.2) is 0 Å². The fraction of sp³-hybridized carbons (Fsp3) is 0.600. The number of hydrogen-bond acceptors (Lipinski definition) is 2. The highest BCUT2D eigenvalue weighted by Crippen LogP contribution is 2.39. The molecule has 2 nitrogen and oxygen atoms in total. The van der Waals surface area contributed by atoms with Crippen LogP contribution in [0.1, 0.15) is 38.7 Å². The number of benzene rings is 1. The van der Waals surface area contributed by atoms with E-state index in [1.165, 1.54) is 11.3 Å². The van der Waals surface area contributed by atoms with E-state index in [0.29, 0.717) is 17.9 Å². The Balaban J connectivity index is 2.28. The molecule has 0 saturated heterocycles. The first-order valence-electron chi connectivity index (χ1n) is 6.70. The fourth-order valence-corrected chi connectivity index (χ4v) is 2.72. The zero-order valence-corrected chi connectivity index (χ0v) is 11.2. The van der Waals surface area contributed by atoms with Crippen molar-refractivity contribution in [1.29, 1.82) is 0 Å². The average Bonchev–Trinajstić information content (AvgIpc) is 2.68. The van der Waals surface area contributed by atoms with Gasteiger partial charge in [-0.3, -0.25) is 0 Å². The first kappa shape index (κ1) is 12.4. The van der Waals surface area contributed by atoms with Gasteiger partial charge in [-0.1, -0.05) is 32.0 Å². The van der Waals surface area contributed by atoms with Gasteiger partial charge in [-0.15, -0.1) is 0 Å². The lowest BCUT2D eigenvalue weighted by Crippen LogP contribution is -2.36. The summed E-state index contributed by atoms with van der Waals surface area (Å²) < 4.78 is 0. The standard InChI is InChI=1S/C15H24N2/c1-11(2)12(3)17-10-13(8-9-16)14-6-4-5-7-15(14)17/h4-7,11-13H,8-10,16H2,1-3H3. The van der Waals surface area contributed by atoms with Crippen LogP contribution in [0.25, 0.3) is 0 Å². The van der Waals surface area contributed by atoms with Gasteiger partial charge in [0, 0.05) is 24.2 Å². The molecule has 2 N–H and O–H groups in total. The third kappa shape index (κ3) is 2.32. The molecule has 0 bridgehead atoms. The SMILES string of the molecule is CC(C)C(C)N1CC(CCN)c2ccccc21. The molecule has 0 radical (unpaired) electrons. The van der Waals surface area contributed by atoms with Gasteiger partial charge >= 0.3 is 0 Å². The molecule has 2 rings (SSSR count). The Kier molecular flexibility index (Phi) is 3.72. The van der Waals surface area contributed by atoms with Gasteiger partial charge in [0.25, 0.3) is 0 Å². The van der Waals surface area contributed by atoms with Crippen molar-refractivity contribution in [1.82, 2.24) is 0 Å². The maximum atomic E-state index is 5.73. The molecular formula is C15H24N2. The summed E-state index contributed by atoms with van der Waals surface area (Å²) >= 11 is 0. The summed E-state index contributed by atoms with van der Waals surface area (Å²) in [6.45, 7) is 8.83. The first-order valence-corrected chi connectivity index (χ1v) is 6.70. The Labute approximate surface area is 105 Å². The third-order valence-corrected chi connectivity index (χ3v) is 4.07. The first-order chi connectivity index (χ1) is 8.15. The number of fused-ring (bicyclic) bond motifs is 1. The van der Waals surface area contributed by atoms with Crippen molar-refractivity contribution in [2.75, 3.05) is 18.0 Å². The molecule has 1 aromatic carbocycles. The number of rotatable bonds is 4. The van der Waals surface area contributed by atoms with E-state index in [4.69, 9.17) is 5.73 Å². The third-order valence-electron chi connectivity index (χ3n) is 4.07. The molecule has 17 heavy (non-hydrogen) atoms. The molecule has 0 amide bonds. The van der Waals surface area contributed by atoms with Crippen LogP contribution in [-0.2, 0) is 0 Å². The van der Waals surface area contributed by atoms with Gasteiger partial charge in [-0.2, -0.15) is 0 Å².